The first kappa shape index (κ1) is 20.1. The van der Waals surface area contributed by atoms with Crippen molar-refractivity contribution < 1.29 is 9.53 Å². The zero-order valence-corrected chi connectivity index (χ0v) is 17.9. The van der Waals surface area contributed by atoms with Crippen LogP contribution < -0.4 is 4.90 Å². The third-order valence-electron chi connectivity index (χ3n) is 6.52. The van der Waals surface area contributed by atoms with Crippen molar-refractivity contribution in [3.63, 3.8) is 0 Å². The number of para-hydroxylation sites is 1. The van der Waals surface area contributed by atoms with E-state index in [1.807, 2.05) is 35.2 Å². The Labute approximate surface area is 173 Å². The van der Waals surface area contributed by atoms with E-state index >= 15 is 0 Å². The Morgan fingerprint density at radius 1 is 1.14 bits per heavy atom. The number of aryl methyl sites for hydroxylation is 2. The second kappa shape index (κ2) is 8.28. The smallest absolute Gasteiger partial charge is 0.253 e. The quantitative estimate of drug-likeness (QED) is 0.796. The lowest BCUT2D eigenvalue weighted by Gasteiger charge is -2.42. The minimum absolute atomic E-state index is 0.0566. The largest absolute Gasteiger partial charge is 0.363 e. The molecule has 1 amide bonds. The molecule has 156 valence electrons. The predicted molar refractivity (Wildman–Crippen MR) is 114 cm³/mol. The number of hydrogen-bond acceptors (Lipinski definition) is 4. The van der Waals surface area contributed by atoms with Gasteiger partial charge in [-0.15, -0.1) is 0 Å². The van der Waals surface area contributed by atoms with Crippen LogP contribution >= 0.6 is 0 Å². The first-order valence-electron chi connectivity index (χ1n) is 10.8. The highest BCUT2D eigenvalue weighted by Gasteiger charge is 2.41. The van der Waals surface area contributed by atoms with E-state index in [-0.39, 0.29) is 18.1 Å². The van der Waals surface area contributed by atoms with Crippen LogP contribution in [0.15, 0.2) is 30.3 Å². The number of carbonyl (C=O) groups is 1. The summed E-state index contributed by atoms with van der Waals surface area (Å²) in [6, 6.07) is 9.98. The Bertz CT molecular complexity index is 863. The molecule has 1 atom stereocenters. The predicted octanol–water partition coefficient (Wildman–Crippen LogP) is 3.31. The molecule has 6 heteroatoms. The second-order valence-electron chi connectivity index (χ2n) is 8.38. The monoisotopic (exact) mass is 396 g/mol. The van der Waals surface area contributed by atoms with Crippen LogP contribution in [0, 0.1) is 13.8 Å². The fourth-order valence-electron chi connectivity index (χ4n) is 4.74. The number of amides is 1. The molecule has 0 bridgehead atoms. The lowest BCUT2D eigenvalue weighted by molar-refractivity contribution is -0.140. The fraction of sp³-hybridized carbons (Fsp3) is 0.565. The van der Waals surface area contributed by atoms with Crippen molar-refractivity contribution in [2.45, 2.75) is 58.7 Å². The van der Waals surface area contributed by atoms with Crippen LogP contribution in [0.5, 0.6) is 0 Å². The van der Waals surface area contributed by atoms with Crippen molar-refractivity contribution in [2.75, 3.05) is 31.1 Å². The number of hydrogen-bond donors (Lipinski definition) is 0. The van der Waals surface area contributed by atoms with E-state index < -0.39 is 0 Å². The normalized spacial score (nSPS) is 23.6. The number of aromatic nitrogens is 2. The average Bonchev–Trinajstić information content (AvgIpc) is 2.89. The number of likely N-dealkylation sites (tertiary alicyclic amines) is 1. The molecule has 4 rings (SSSR count). The van der Waals surface area contributed by atoms with Gasteiger partial charge in [0.1, 0.15) is 6.61 Å². The Morgan fingerprint density at radius 3 is 2.66 bits per heavy atom. The summed E-state index contributed by atoms with van der Waals surface area (Å²) in [6.45, 7) is 11.1. The molecule has 0 radical (unpaired) electrons. The number of carbonyl (C=O) groups excluding carboxylic acids is 1. The van der Waals surface area contributed by atoms with Crippen molar-refractivity contribution in [3.05, 3.63) is 47.3 Å². The van der Waals surface area contributed by atoms with Gasteiger partial charge in [-0.1, -0.05) is 18.2 Å². The zero-order chi connectivity index (χ0) is 20.4. The summed E-state index contributed by atoms with van der Waals surface area (Å²) in [5, 5.41) is 4.67. The summed E-state index contributed by atoms with van der Waals surface area (Å²) in [7, 11) is 0. The highest BCUT2D eigenvalue weighted by molar-refractivity contribution is 5.95. The third kappa shape index (κ3) is 4.09. The topological polar surface area (TPSA) is 50.6 Å². The number of ether oxygens (including phenoxy) is 1. The summed E-state index contributed by atoms with van der Waals surface area (Å²) in [5.41, 5.74) is 4.50. The summed E-state index contributed by atoms with van der Waals surface area (Å²) < 4.78 is 8.28. The van der Waals surface area contributed by atoms with E-state index in [4.69, 9.17) is 4.74 Å². The van der Waals surface area contributed by atoms with Crippen molar-refractivity contribution in [3.8, 4) is 0 Å². The molecule has 1 aromatic heterocycles. The van der Waals surface area contributed by atoms with Crippen LogP contribution in [-0.4, -0.2) is 52.4 Å². The molecule has 29 heavy (non-hydrogen) atoms. The first-order chi connectivity index (χ1) is 14.0. The van der Waals surface area contributed by atoms with E-state index in [2.05, 4.69) is 35.5 Å². The molecule has 0 saturated carbocycles. The van der Waals surface area contributed by atoms with E-state index in [0.29, 0.717) is 6.54 Å². The average molecular weight is 397 g/mol. The Morgan fingerprint density at radius 2 is 1.93 bits per heavy atom. The number of nitrogens with zero attached hydrogens (tertiary/aromatic N) is 4. The molecule has 2 aromatic rings. The van der Waals surface area contributed by atoms with E-state index in [1.54, 1.807) is 0 Å². The van der Waals surface area contributed by atoms with Crippen LogP contribution in [-0.2, 0) is 22.6 Å². The molecule has 2 fully saturated rings. The first-order valence-corrected chi connectivity index (χ1v) is 10.8. The van der Waals surface area contributed by atoms with Gasteiger partial charge in [-0.05, 0) is 58.7 Å². The van der Waals surface area contributed by atoms with E-state index in [0.717, 1.165) is 56.8 Å². The summed E-state index contributed by atoms with van der Waals surface area (Å²) in [6.07, 6.45) is 3.02. The molecular formula is C23H32N4O2. The Hall–Kier alpha value is -2.18. The summed E-state index contributed by atoms with van der Waals surface area (Å²) in [5.74, 6) is 0.0566. The molecule has 2 aliphatic heterocycles. The van der Waals surface area contributed by atoms with Gasteiger partial charge in [0.05, 0.1) is 17.8 Å². The molecule has 6 nitrogen and oxygen atoms in total. The van der Waals surface area contributed by atoms with Gasteiger partial charge in [0, 0.05) is 36.6 Å². The molecule has 2 saturated heterocycles. The van der Waals surface area contributed by atoms with Gasteiger partial charge in [-0.25, -0.2) is 0 Å². The maximum absolute atomic E-state index is 12.5. The van der Waals surface area contributed by atoms with Crippen LogP contribution in [0.1, 0.15) is 43.1 Å². The Kier molecular flexibility index (Phi) is 5.74. The van der Waals surface area contributed by atoms with E-state index in [9.17, 15) is 4.79 Å². The van der Waals surface area contributed by atoms with Crippen molar-refractivity contribution in [2.24, 2.45) is 0 Å². The molecule has 3 heterocycles. The lowest BCUT2D eigenvalue weighted by atomic mass is 9.92. The Balaban J connectivity index is 1.46. The maximum Gasteiger partial charge on any atom is 0.253 e. The molecule has 0 aliphatic carbocycles. The molecule has 2 aliphatic rings. The van der Waals surface area contributed by atoms with Gasteiger partial charge >= 0.3 is 0 Å². The van der Waals surface area contributed by atoms with Crippen LogP contribution in [0.2, 0.25) is 0 Å². The van der Waals surface area contributed by atoms with Crippen molar-refractivity contribution in [1.82, 2.24) is 14.7 Å². The van der Waals surface area contributed by atoms with Gasteiger partial charge in [-0.2, -0.15) is 5.10 Å². The van der Waals surface area contributed by atoms with Crippen molar-refractivity contribution in [1.29, 1.82) is 0 Å². The number of morpholine rings is 1. The maximum atomic E-state index is 12.5. The third-order valence-corrected chi connectivity index (χ3v) is 6.52. The van der Waals surface area contributed by atoms with Crippen LogP contribution in [0.4, 0.5) is 5.69 Å². The summed E-state index contributed by atoms with van der Waals surface area (Å²) in [4.78, 5) is 16.9. The van der Waals surface area contributed by atoms with Gasteiger partial charge < -0.3 is 9.64 Å². The molecule has 1 spiro atoms. The highest BCUT2D eigenvalue weighted by atomic mass is 16.5. The minimum atomic E-state index is -0.240. The number of benzene rings is 1. The number of rotatable bonds is 4. The van der Waals surface area contributed by atoms with Crippen LogP contribution in [0.25, 0.3) is 0 Å². The number of anilines is 1. The van der Waals surface area contributed by atoms with Gasteiger partial charge in [0.15, 0.2) is 0 Å². The van der Waals surface area contributed by atoms with Gasteiger partial charge in [-0.3, -0.25) is 14.4 Å². The fourth-order valence-corrected chi connectivity index (χ4v) is 4.74. The summed E-state index contributed by atoms with van der Waals surface area (Å²) >= 11 is 0. The molecule has 0 N–H and O–H groups in total. The van der Waals surface area contributed by atoms with Crippen molar-refractivity contribution >= 4 is 11.6 Å². The standard InChI is InChI=1S/C23H32N4O2/c1-4-27-19(3)21(18(2)24-27)15-25-13-8-11-23(12-14-25)17-26(22(28)16-29-23)20-9-6-5-7-10-20/h5-7,9-10H,4,8,11-17H2,1-3H3. The van der Waals surface area contributed by atoms with Gasteiger partial charge in [0.2, 0.25) is 0 Å². The zero-order valence-electron chi connectivity index (χ0n) is 17.9. The van der Waals surface area contributed by atoms with E-state index in [1.165, 1.54) is 11.3 Å². The second-order valence-corrected chi connectivity index (χ2v) is 8.38. The van der Waals surface area contributed by atoms with Crippen LogP contribution in [0.3, 0.4) is 0 Å². The SMILES string of the molecule is CCn1nc(C)c(CN2CCCC3(CC2)CN(c2ccccc2)C(=O)CO3)c1C. The lowest BCUT2D eigenvalue weighted by Crippen LogP contribution is -2.55. The molecule has 1 unspecified atom stereocenters. The van der Waals surface area contributed by atoms with Gasteiger partial charge in [0.25, 0.3) is 5.91 Å². The minimum Gasteiger partial charge on any atom is -0.363 e. The highest BCUT2D eigenvalue weighted by Crippen LogP contribution is 2.33. The molecular weight excluding hydrogens is 364 g/mol. The molecule has 1 aromatic carbocycles.